The Labute approximate surface area is 306 Å². The standard InChI is InChI=1S/C50H30OSe/c1-2-14-31(15-3-1)46-34-16-4-6-18-36(34)47(37-19-7-5-17-35(37)46)32-27-28-33-42-24-12-25-43(50(42)52-45(33)30-32)48-38-20-8-10-22-40(38)49(44-26-13-29-51-44)41-23-11-9-21-39(41)48/h1-30H. The molecule has 0 atom stereocenters. The number of fused-ring (bicyclic) bond motifs is 7. The molecule has 0 aliphatic heterocycles. The minimum absolute atomic E-state index is 0.120. The van der Waals surface area contributed by atoms with Gasteiger partial charge in [-0.05, 0) is 0 Å². The first-order chi connectivity index (χ1) is 25.8. The summed E-state index contributed by atoms with van der Waals surface area (Å²) in [6, 6.07) is 64.6. The van der Waals surface area contributed by atoms with Crippen LogP contribution in [0.25, 0.3) is 107 Å². The van der Waals surface area contributed by atoms with Crippen LogP contribution in [0.3, 0.4) is 0 Å². The Hall–Kier alpha value is -6.18. The van der Waals surface area contributed by atoms with E-state index in [2.05, 4.69) is 170 Å². The summed E-state index contributed by atoms with van der Waals surface area (Å²) in [5, 5.41) is 12.8. The van der Waals surface area contributed by atoms with Crippen molar-refractivity contribution in [1.82, 2.24) is 0 Å². The van der Waals surface area contributed by atoms with Gasteiger partial charge in [0.05, 0.1) is 0 Å². The van der Waals surface area contributed by atoms with Gasteiger partial charge in [0, 0.05) is 0 Å². The van der Waals surface area contributed by atoms with Gasteiger partial charge in [-0.15, -0.1) is 0 Å². The summed E-state index contributed by atoms with van der Waals surface area (Å²) < 4.78 is 8.93. The molecule has 0 bridgehead atoms. The first-order valence-electron chi connectivity index (χ1n) is 17.8. The fourth-order valence-electron chi connectivity index (χ4n) is 8.61. The molecule has 0 aliphatic carbocycles. The third-order valence-corrected chi connectivity index (χ3v) is 13.3. The summed E-state index contributed by atoms with van der Waals surface area (Å²) in [6.07, 6.45) is 1.77. The Morgan fingerprint density at radius 2 is 0.827 bits per heavy atom. The van der Waals surface area contributed by atoms with Crippen molar-refractivity contribution in [2.45, 2.75) is 0 Å². The summed E-state index contributed by atoms with van der Waals surface area (Å²) in [6.45, 7) is 0. The molecule has 0 aliphatic rings. The Morgan fingerprint density at radius 1 is 0.327 bits per heavy atom. The van der Waals surface area contributed by atoms with Gasteiger partial charge in [-0.3, -0.25) is 0 Å². The zero-order valence-electron chi connectivity index (χ0n) is 28.1. The van der Waals surface area contributed by atoms with Crippen LogP contribution in [0.1, 0.15) is 0 Å². The number of benzene rings is 9. The van der Waals surface area contributed by atoms with E-state index < -0.39 is 0 Å². The monoisotopic (exact) mass is 726 g/mol. The zero-order valence-corrected chi connectivity index (χ0v) is 29.9. The predicted octanol–water partition coefficient (Wildman–Crippen LogP) is 13.9. The first kappa shape index (κ1) is 29.5. The molecule has 0 unspecified atom stereocenters. The topological polar surface area (TPSA) is 13.1 Å². The third kappa shape index (κ3) is 4.36. The van der Waals surface area contributed by atoms with E-state index in [4.69, 9.17) is 4.42 Å². The Morgan fingerprint density at radius 3 is 1.38 bits per heavy atom. The van der Waals surface area contributed by atoms with Gasteiger partial charge in [-0.2, -0.15) is 0 Å². The summed E-state index contributed by atoms with van der Waals surface area (Å²) in [5.41, 5.74) is 8.93. The molecule has 0 N–H and O–H groups in total. The second-order valence-corrected chi connectivity index (χ2v) is 15.7. The fourth-order valence-corrected chi connectivity index (χ4v) is 11.3. The first-order valence-corrected chi connectivity index (χ1v) is 19.5. The van der Waals surface area contributed by atoms with Gasteiger partial charge >= 0.3 is 308 Å². The predicted molar refractivity (Wildman–Crippen MR) is 222 cm³/mol. The van der Waals surface area contributed by atoms with Crippen LogP contribution in [0.15, 0.2) is 187 Å². The van der Waals surface area contributed by atoms with E-state index in [1.165, 1.54) is 95.8 Å². The zero-order chi connectivity index (χ0) is 34.2. The average Bonchev–Trinajstić information content (AvgIpc) is 3.88. The van der Waals surface area contributed by atoms with E-state index in [9.17, 15) is 0 Å². The van der Waals surface area contributed by atoms with Crippen molar-refractivity contribution >= 4 is 76.9 Å². The van der Waals surface area contributed by atoms with Gasteiger partial charge in [-0.25, -0.2) is 0 Å². The number of furan rings is 1. The fraction of sp³-hybridized carbons (Fsp3) is 0. The summed E-state index contributed by atoms with van der Waals surface area (Å²) in [5.74, 6) is 0.901. The second-order valence-electron chi connectivity index (χ2n) is 13.5. The Balaban J connectivity index is 1.18. The van der Waals surface area contributed by atoms with E-state index >= 15 is 0 Å². The second kappa shape index (κ2) is 11.7. The van der Waals surface area contributed by atoms with E-state index in [1.54, 1.807) is 6.26 Å². The van der Waals surface area contributed by atoms with Crippen molar-refractivity contribution in [3.05, 3.63) is 182 Å². The van der Waals surface area contributed by atoms with Crippen molar-refractivity contribution in [1.29, 1.82) is 0 Å². The molecule has 0 spiro atoms. The van der Waals surface area contributed by atoms with Crippen LogP contribution >= 0.6 is 0 Å². The summed E-state index contributed by atoms with van der Waals surface area (Å²) in [7, 11) is 0. The molecule has 1 nitrogen and oxygen atoms in total. The molecule has 11 aromatic rings. The summed E-state index contributed by atoms with van der Waals surface area (Å²) in [4.78, 5) is 0. The van der Waals surface area contributed by atoms with Crippen LogP contribution in [-0.4, -0.2) is 14.5 Å². The molecule has 11 rings (SSSR count). The molecule has 9 aromatic carbocycles. The minimum atomic E-state index is 0.120. The molecule has 2 heterocycles. The molecule has 0 saturated carbocycles. The van der Waals surface area contributed by atoms with Gasteiger partial charge in [-0.1, -0.05) is 0 Å². The molecule has 2 heteroatoms. The molecule has 0 saturated heterocycles. The van der Waals surface area contributed by atoms with Gasteiger partial charge in [0.15, 0.2) is 0 Å². The SMILES string of the molecule is c1ccc(-c2c3ccccc3c(-c3ccc4c(c3)[se]c3c(-c5c6ccccc6c(-c6ccco6)c6ccccc56)cccc34)c3ccccc23)cc1. The van der Waals surface area contributed by atoms with Crippen molar-refractivity contribution in [3.63, 3.8) is 0 Å². The molecule has 52 heavy (non-hydrogen) atoms. The molecule has 0 radical (unpaired) electrons. The van der Waals surface area contributed by atoms with E-state index in [-0.39, 0.29) is 14.5 Å². The van der Waals surface area contributed by atoms with Crippen molar-refractivity contribution in [2.24, 2.45) is 0 Å². The van der Waals surface area contributed by atoms with Gasteiger partial charge in [0.1, 0.15) is 0 Å². The van der Waals surface area contributed by atoms with Crippen molar-refractivity contribution < 1.29 is 4.42 Å². The molecule has 0 amide bonds. The maximum absolute atomic E-state index is 6.03. The van der Waals surface area contributed by atoms with Gasteiger partial charge in [0.25, 0.3) is 0 Å². The number of rotatable bonds is 4. The molecular formula is C50H30OSe. The molecular weight excluding hydrogens is 696 g/mol. The molecule has 242 valence electrons. The van der Waals surface area contributed by atoms with Crippen molar-refractivity contribution in [3.8, 4) is 44.7 Å². The van der Waals surface area contributed by atoms with Crippen LogP contribution in [0.5, 0.6) is 0 Å². The quantitative estimate of drug-likeness (QED) is 0.130. The van der Waals surface area contributed by atoms with Gasteiger partial charge in [0.2, 0.25) is 0 Å². The Kier molecular flexibility index (Phi) is 6.64. The van der Waals surface area contributed by atoms with Crippen LogP contribution < -0.4 is 0 Å². The number of hydrogen-bond donors (Lipinski definition) is 0. The normalized spacial score (nSPS) is 11.8. The molecule has 2 aromatic heterocycles. The van der Waals surface area contributed by atoms with E-state index in [0.717, 1.165) is 11.3 Å². The Bertz CT molecular complexity index is 3050. The average molecular weight is 726 g/mol. The van der Waals surface area contributed by atoms with Crippen LogP contribution in [0.2, 0.25) is 0 Å². The maximum atomic E-state index is 6.03. The van der Waals surface area contributed by atoms with Crippen LogP contribution in [-0.2, 0) is 0 Å². The summed E-state index contributed by atoms with van der Waals surface area (Å²) >= 11 is 0.120. The van der Waals surface area contributed by atoms with E-state index in [1.807, 2.05) is 6.07 Å². The van der Waals surface area contributed by atoms with Crippen molar-refractivity contribution in [2.75, 3.05) is 0 Å². The van der Waals surface area contributed by atoms with Crippen LogP contribution in [0, 0.1) is 0 Å². The van der Waals surface area contributed by atoms with Gasteiger partial charge < -0.3 is 0 Å². The third-order valence-electron chi connectivity index (χ3n) is 10.7. The number of hydrogen-bond acceptors (Lipinski definition) is 1. The molecule has 0 fully saturated rings. The van der Waals surface area contributed by atoms with Crippen LogP contribution in [0.4, 0.5) is 0 Å². The van der Waals surface area contributed by atoms with E-state index in [0.29, 0.717) is 0 Å².